The Bertz CT molecular complexity index is 1460. The summed E-state index contributed by atoms with van der Waals surface area (Å²) in [5.74, 6) is 1.27. The zero-order valence-electron chi connectivity index (χ0n) is 16.9. The summed E-state index contributed by atoms with van der Waals surface area (Å²) in [4.78, 5) is 31.5. The highest BCUT2D eigenvalue weighted by molar-refractivity contribution is 6.08. The van der Waals surface area contributed by atoms with Crippen molar-refractivity contribution in [3.05, 3.63) is 48.3 Å². The lowest BCUT2D eigenvalue weighted by Gasteiger charge is -2.27. The molecule has 154 valence electrons. The molecular weight excluding hydrogens is 394 g/mol. The SMILES string of the molecule is CC(=O)c1cnc2oc3c(N4CCOCC4)nc(-c4cccc5[nH]ccc45)nc3c2c1. The molecule has 1 N–H and O–H groups in total. The van der Waals surface area contributed by atoms with E-state index >= 15 is 0 Å². The van der Waals surface area contributed by atoms with Crippen LogP contribution in [-0.4, -0.2) is 52.0 Å². The number of Topliss-reactive ketones (excluding diaryl/α,β-unsaturated/α-hetero) is 1. The number of hydrogen-bond donors (Lipinski definition) is 1. The molecule has 6 rings (SSSR count). The summed E-state index contributed by atoms with van der Waals surface area (Å²) < 4.78 is 11.6. The zero-order valence-corrected chi connectivity index (χ0v) is 16.9. The zero-order chi connectivity index (χ0) is 20.9. The van der Waals surface area contributed by atoms with E-state index in [1.165, 1.54) is 13.1 Å². The molecule has 8 heteroatoms. The lowest BCUT2D eigenvalue weighted by atomic mass is 10.1. The Morgan fingerprint density at radius 3 is 2.84 bits per heavy atom. The van der Waals surface area contributed by atoms with Gasteiger partial charge in [-0.15, -0.1) is 0 Å². The number of ketones is 1. The van der Waals surface area contributed by atoms with Gasteiger partial charge in [0.15, 0.2) is 23.0 Å². The van der Waals surface area contributed by atoms with Crippen LogP contribution in [0.4, 0.5) is 5.82 Å². The van der Waals surface area contributed by atoms with Crippen molar-refractivity contribution in [3.8, 4) is 11.4 Å². The Morgan fingerprint density at radius 2 is 2.00 bits per heavy atom. The van der Waals surface area contributed by atoms with Crippen molar-refractivity contribution in [2.45, 2.75) is 6.92 Å². The first-order valence-electron chi connectivity index (χ1n) is 10.2. The molecule has 5 aromatic rings. The maximum Gasteiger partial charge on any atom is 0.229 e. The van der Waals surface area contributed by atoms with E-state index in [1.807, 2.05) is 30.5 Å². The number of hydrogen-bond acceptors (Lipinski definition) is 7. The smallest absolute Gasteiger partial charge is 0.229 e. The molecule has 1 aromatic carbocycles. The van der Waals surface area contributed by atoms with E-state index in [0.29, 0.717) is 59.9 Å². The van der Waals surface area contributed by atoms with Crippen LogP contribution < -0.4 is 4.90 Å². The van der Waals surface area contributed by atoms with Gasteiger partial charge in [-0.3, -0.25) is 4.79 Å². The molecule has 0 amide bonds. The molecule has 8 nitrogen and oxygen atoms in total. The molecule has 0 radical (unpaired) electrons. The molecule has 0 atom stereocenters. The summed E-state index contributed by atoms with van der Waals surface area (Å²) in [5.41, 5.74) is 4.16. The van der Waals surface area contributed by atoms with Gasteiger partial charge in [-0.1, -0.05) is 12.1 Å². The molecule has 5 heterocycles. The highest BCUT2D eigenvalue weighted by Gasteiger charge is 2.24. The van der Waals surface area contributed by atoms with E-state index in [0.717, 1.165) is 22.3 Å². The number of anilines is 1. The number of rotatable bonds is 3. The van der Waals surface area contributed by atoms with Crippen molar-refractivity contribution in [3.63, 3.8) is 0 Å². The second-order valence-corrected chi connectivity index (χ2v) is 7.63. The van der Waals surface area contributed by atoms with Gasteiger partial charge in [-0.2, -0.15) is 0 Å². The Labute approximate surface area is 176 Å². The maximum absolute atomic E-state index is 11.9. The largest absolute Gasteiger partial charge is 0.432 e. The van der Waals surface area contributed by atoms with Gasteiger partial charge in [0.1, 0.15) is 5.52 Å². The van der Waals surface area contributed by atoms with Gasteiger partial charge in [0.05, 0.1) is 18.6 Å². The van der Waals surface area contributed by atoms with Gasteiger partial charge < -0.3 is 19.0 Å². The second kappa shape index (κ2) is 6.88. The van der Waals surface area contributed by atoms with E-state index in [1.54, 1.807) is 6.07 Å². The Hall–Kier alpha value is -3.78. The number of fused-ring (bicyclic) bond motifs is 4. The fourth-order valence-electron chi connectivity index (χ4n) is 4.10. The maximum atomic E-state index is 11.9. The summed E-state index contributed by atoms with van der Waals surface area (Å²) in [6.07, 6.45) is 3.45. The summed E-state index contributed by atoms with van der Waals surface area (Å²) in [6, 6.07) is 9.85. The summed E-state index contributed by atoms with van der Waals surface area (Å²) in [7, 11) is 0. The quantitative estimate of drug-likeness (QED) is 0.447. The molecule has 0 unspecified atom stereocenters. The number of ether oxygens (including phenoxy) is 1. The molecule has 0 bridgehead atoms. The van der Waals surface area contributed by atoms with Crippen molar-refractivity contribution in [2.75, 3.05) is 31.2 Å². The minimum Gasteiger partial charge on any atom is -0.432 e. The highest BCUT2D eigenvalue weighted by atomic mass is 16.5. The molecule has 1 fully saturated rings. The van der Waals surface area contributed by atoms with Crippen LogP contribution in [0.15, 0.2) is 47.1 Å². The van der Waals surface area contributed by atoms with Gasteiger partial charge in [-0.05, 0) is 25.1 Å². The molecule has 1 aliphatic heterocycles. The topological polar surface area (TPSA) is 97.1 Å². The Kier molecular flexibility index (Phi) is 4.00. The summed E-state index contributed by atoms with van der Waals surface area (Å²) in [6.45, 7) is 4.20. The van der Waals surface area contributed by atoms with Gasteiger partial charge in [0, 0.05) is 47.5 Å². The first-order valence-corrected chi connectivity index (χ1v) is 10.2. The summed E-state index contributed by atoms with van der Waals surface area (Å²) >= 11 is 0. The lowest BCUT2D eigenvalue weighted by molar-refractivity contribution is 0.101. The third-order valence-electron chi connectivity index (χ3n) is 5.71. The van der Waals surface area contributed by atoms with E-state index in [9.17, 15) is 4.79 Å². The van der Waals surface area contributed by atoms with Crippen molar-refractivity contribution >= 4 is 44.7 Å². The molecule has 1 saturated heterocycles. The number of nitrogens with one attached hydrogen (secondary N) is 1. The van der Waals surface area contributed by atoms with E-state index in [4.69, 9.17) is 19.1 Å². The van der Waals surface area contributed by atoms with Crippen molar-refractivity contribution in [1.82, 2.24) is 19.9 Å². The van der Waals surface area contributed by atoms with E-state index in [2.05, 4.69) is 14.9 Å². The molecule has 0 aliphatic carbocycles. The van der Waals surface area contributed by atoms with Crippen LogP contribution in [-0.2, 0) is 4.74 Å². The lowest BCUT2D eigenvalue weighted by Crippen LogP contribution is -2.37. The standard InChI is InChI=1S/C23H19N5O3/c1-13(29)14-11-17-19-20(31-23(17)25-12-14)22(28-7-9-30-10-8-28)27-21(26-19)16-3-2-4-18-15(16)5-6-24-18/h2-6,11-12,24H,7-10H2,1H3. The normalized spacial score (nSPS) is 14.7. The van der Waals surface area contributed by atoms with Crippen LogP contribution in [0.1, 0.15) is 17.3 Å². The average Bonchev–Trinajstić information content (AvgIpc) is 3.43. The first kappa shape index (κ1) is 18.0. The molecular formula is C23H19N5O3. The number of carbonyl (C=O) groups excluding carboxylic acids is 1. The summed E-state index contributed by atoms with van der Waals surface area (Å²) in [5, 5.41) is 1.76. The number of pyridine rings is 1. The van der Waals surface area contributed by atoms with Gasteiger partial charge in [0.25, 0.3) is 0 Å². The Morgan fingerprint density at radius 1 is 1.13 bits per heavy atom. The molecule has 0 spiro atoms. The minimum atomic E-state index is -0.0523. The minimum absolute atomic E-state index is 0.0523. The first-order chi connectivity index (χ1) is 15.2. The van der Waals surface area contributed by atoms with E-state index < -0.39 is 0 Å². The highest BCUT2D eigenvalue weighted by Crippen LogP contribution is 2.36. The fourth-order valence-corrected chi connectivity index (χ4v) is 4.10. The fraction of sp³-hybridized carbons (Fsp3) is 0.217. The number of carbonyl (C=O) groups is 1. The molecule has 0 saturated carbocycles. The van der Waals surface area contributed by atoms with Crippen molar-refractivity contribution in [1.29, 1.82) is 0 Å². The van der Waals surface area contributed by atoms with Crippen LogP contribution in [0.25, 0.3) is 44.5 Å². The number of nitrogens with zero attached hydrogens (tertiary/aromatic N) is 4. The monoisotopic (exact) mass is 413 g/mol. The Balaban J connectivity index is 1.67. The van der Waals surface area contributed by atoms with Gasteiger partial charge in [-0.25, -0.2) is 15.0 Å². The van der Waals surface area contributed by atoms with Crippen LogP contribution >= 0.6 is 0 Å². The van der Waals surface area contributed by atoms with Crippen molar-refractivity contribution < 1.29 is 13.9 Å². The van der Waals surface area contributed by atoms with Gasteiger partial charge >= 0.3 is 0 Å². The third-order valence-corrected chi connectivity index (χ3v) is 5.71. The van der Waals surface area contributed by atoms with Gasteiger partial charge in [0.2, 0.25) is 5.71 Å². The number of morpholine rings is 1. The van der Waals surface area contributed by atoms with Crippen LogP contribution in [0.3, 0.4) is 0 Å². The van der Waals surface area contributed by atoms with Crippen LogP contribution in [0, 0.1) is 0 Å². The van der Waals surface area contributed by atoms with Crippen molar-refractivity contribution in [2.24, 2.45) is 0 Å². The number of furan rings is 1. The average molecular weight is 413 g/mol. The third kappa shape index (κ3) is 2.87. The van der Waals surface area contributed by atoms with E-state index in [-0.39, 0.29) is 5.78 Å². The number of H-pyrrole nitrogens is 1. The number of aromatic amines is 1. The molecule has 31 heavy (non-hydrogen) atoms. The van der Waals surface area contributed by atoms with Crippen LogP contribution in [0.5, 0.6) is 0 Å². The van der Waals surface area contributed by atoms with Crippen LogP contribution in [0.2, 0.25) is 0 Å². The second-order valence-electron chi connectivity index (χ2n) is 7.63. The molecule has 4 aromatic heterocycles. The predicted octanol–water partition coefficient (Wildman–Crippen LogP) is 3.96. The number of aromatic nitrogens is 4. The molecule has 1 aliphatic rings. The number of benzene rings is 1. The predicted molar refractivity (Wildman–Crippen MR) is 117 cm³/mol.